The molecule has 1 heteroatoms. The number of terminal acetylenes is 1. The predicted octanol–water partition coefficient (Wildman–Crippen LogP) is 3.83. The quantitative estimate of drug-likeness (QED) is 0.695. The molecule has 1 unspecified atom stereocenters. The van der Waals surface area contributed by atoms with Crippen molar-refractivity contribution >= 4 is 0 Å². The van der Waals surface area contributed by atoms with Crippen LogP contribution in [0.15, 0.2) is 12.1 Å². The van der Waals surface area contributed by atoms with Gasteiger partial charge >= 0.3 is 0 Å². The van der Waals surface area contributed by atoms with Gasteiger partial charge < -0.3 is 4.74 Å². The van der Waals surface area contributed by atoms with E-state index >= 15 is 0 Å². The minimum Gasteiger partial charge on any atom is -0.496 e. The average molecular weight is 216 g/mol. The summed E-state index contributed by atoms with van der Waals surface area (Å²) in [4.78, 5) is 0. The lowest BCUT2D eigenvalue weighted by Crippen LogP contribution is -2.02. The third-order valence-corrected chi connectivity index (χ3v) is 3.30. The van der Waals surface area contributed by atoms with Crippen molar-refractivity contribution in [1.29, 1.82) is 0 Å². The molecule has 0 aliphatic heterocycles. The van der Waals surface area contributed by atoms with Crippen molar-refractivity contribution in [2.45, 2.75) is 39.5 Å². The maximum absolute atomic E-state index is 5.41. The Morgan fingerprint density at radius 3 is 2.50 bits per heavy atom. The minimum atomic E-state index is 0.467. The highest BCUT2D eigenvalue weighted by Gasteiger charge is 2.13. The lowest BCUT2D eigenvalue weighted by molar-refractivity contribution is 0.411. The summed E-state index contributed by atoms with van der Waals surface area (Å²) < 4.78 is 5.31. The Morgan fingerprint density at radius 2 is 2.00 bits per heavy atom. The van der Waals surface area contributed by atoms with E-state index in [1.807, 2.05) is 6.07 Å². The number of benzene rings is 1. The van der Waals surface area contributed by atoms with Gasteiger partial charge in [0, 0.05) is 6.42 Å². The molecule has 1 aromatic carbocycles. The summed E-state index contributed by atoms with van der Waals surface area (Å²) in [6.07, 6.45) is 7.30. The fourth-order valence-electron chi connectivity index (χ4n) is 2.10. The second-order valence-electron chi connectivity index (χ2n) is 4.12. The topological polar surface area (TPSA) is 9.23 Å². The average Bonchev–Trinajstić information content (AvgIpc) is 2.30. The molecule has 0 amide bonds. The third kappa shape index (κ3) is 2.39. The Hall–Kier alpha value is -1.42. The Bertz CT molecular complexity index is 399. The summed E-state index contributed by atoms with van der Waals surface area (Å²) in [6.45, 7) is 6.42. The number of methoxy groups -OCH3 is 1. The maximum atomic E-state index is 5.41. The van der Waals surface area contributed by atoms with Crippen LogP contribution in [0, 0.1) is 26.2 Å². The molecular formula is C15H20O. The first-order valence-corrected chi connectivity index (χ1v) is 5.73. The van der Waals surface area contributed by atoms with Crippen molar-refractivity contribution in [2.24, 2.45) is 0 Å². The molecule has 0 aliphatic rings. The van der Waals surface area contributed by atoms with Crippen LogP contribution < -0.4 is 4.74 Å². The molecule has 0 N–H and O–H groups in total. The molecule has 0 bridgehead atoms. The summed E-state index contributed by atoms with van der Waals surface area (Å²) in [6, 6.07) is 4.18. The molecule has 1 nitrogen and oxygen atoms in total. The highest BCUT2D eigenvalue weighted by molar-refractivity contribution is 5.45. The SMILES string of the molecule is C#CCC(CC)c1ccc(OC)c(C)c1C. The predicted molar refractivity (Wildman–Crippen MR) is 69.0 cm³/mol. The number of hydrogen-bond donors (Lipinski definition) is 0. The van der Waals surface area contributed by atoms with E-state index < -0.39 is 0 Å². The van der Waals surface area contributed by atoms with Crippen molar-refractivity contribution in [1.82, 2.24) is 0 Å². The summed E-state index contributed by atoms with van der Waals surface area (Å²) in [5.74, 6) is 4.18. The van der Waals surface area contributed by atoms with Crippen molar-refractivity contribution in [3.05, 3.63) is 28.8 Å². The van der Waals surface area contributed by atoms with Crippen molar-refractivity contribution in [3.63, 3.8) is 0 Å². The first kappa shape index (κ1) is 12.6. The van der Waals surface area contributed by atoms with E-state index in [4.69, 9.17) is 11.2 Å². The van der Waals surface area contributed by atoms with Crippen LogP contribution >= 0.6 is 0 Å². The van der Waals surface area contributed by atoms with Gasteiger partial charge in [0.15, 0.2) is 0 Å². The largest absolute Gasteiger partial charge is 0.496 e. The zero-order valence-corrected chi connectivity index (χ0v) is 10.6. The van der Waals surface area contributed by atoms with Crippen LogP contribution in [0.4, 0.5) is 0 Å². The molecule has 1 aromatic rings. The van der Waals surface area contributed by atoms with Crippen molar-refractivity contribution in [2.75, 3.05) is 7.11 Å². The van der Waals surface area contributed by atoms with Gasteiger partial charge in [-0.2, -0.15) is 0 Å². The lowest BCUT2D eigenvalue weighted by atomic mass is 9.88. The number of ether oxygens (including phenoxy) is 1. The second kappa shape index (κ2) is 5.61. The number of hydrogen-bond acceptors (Lipinski definition) is 1. The Morgan fingerprint density at radius 1 is 1.31 bits per heavy atom. The summed E-state index contributed by atoms with van der Waals surface area (Å²) >= 11 is 0. The van der Waals surface area contributed by atoms with Crippen LogP contribution in [0.2, 0.25) is 0 Å². The smallest absolute Gasteiger partial charge is 0.122 e. The van der Waals surface area contributed by atoms with Gasteiger partial charge in [0.2, 0.25) is 0 Å². The molecule has 0 aromatic heterocycles. The molecule has 1 atom stereocenters. The molecule has 16 heavy (non-hydrogen) atoms. The summed E-state index contributed by atoms with van der Waals surface area (Å²) in [7, 11) is 1.71. The highest BCUT2D eigenvalue weighted by Crippen LogP contribution is 2.31. The van der Waals surface area contributed by atoms with Crippen LogP contribution in [0.3, 0.4) is 0 Å². The lowest BCUT2D eigenvalue weighted by Gasteiger charge is -2.18. The van der Waals surface area contributed by atoms with Crippen molar-refractivity contribution in [3.8, 4) is 18.1 Å². The molecule has 0 heterocycles. The minimum absolute atomic E-state index is 0.467. The first-order valence-electron chi connectivity index (χ1n) is 5.73. The van der Waals surface area contributed by atoms with Gasteiger partial charge in [-0.3, -0.25) is 0 Å². The fraction of sp³-hybridized carbons (Fsp3) is 0.467. The molecule has 0 saturated carbocycles. The molecule has 0 radical (unpaired) electrons. The van der Waals surface area contributed by atoms with E-state index in [1.165, 1.54) is 16.7 Å². The van der Waals surface area contributed by atoms with Gasteiger partial charge in [0.1, 0.15) is 5.75 Å². The van der Waals surface area contributed by atoms with E-state index in [9.17, 15) is 0 Å². The zero-order valence-electron chi connectivity index (χ0n) is 10.6. The Labute approximate surface area is 98.8 Å². The van der Waals surface area contributed by atoms with E-state index in [2.05, 4.69) is 32.8 Å². The summed E-state index contributed by atoms with van der Waals surface area (Å²) in [5.41, 5.74) is 3.88. The highest BCUT2D eigenvalue weighted by atomic mass is 16.5. The van der Waals surface area contributed by atoms with E-state index in [0.29, 0.717) is 5.92 Å². The van der Waals surface area contributed by atoms with Gasteiger partial charge in [-0.1, -0.05) is 13.0 Å². The zero-order chi connectivity index (χ0) is 12.1. The Balaban J connectivity index is 3.15. The normalized spacial score (nSPS) is 11.9. The van der Waals surface area contributed by atoms with Gasteiger partial charge in [0.05, 0.1) is 7.11 Å². The molecule has 86 valence electrons. The van der Waals surface area contributed by atoms with Gasteiger partial charge in [-0.05, 0) is 48.9 Å². The van der Waals surface area contributed by atoms with Gasteiger partial charge in [-0.15, -0.1) is 12.3 Å². The van der Waals surface area contributed by atoms with E-state index in [0.717, 1.165) is 18.6 Å². The number of rotatable bonds is 4. The van der Waals surface area contributed by atoms with E-state index in [1.54, 1.807) is 7.11 Å². The van der Waals surface area contributed by atoms with Crippen LogP contribution in [-0.2, 0) is 0 Å². The van der Waals surface area contributed by atoms with Gasteiger partial charge in [-0.25, -0.2) is 0 Å². The first-order chi connectivity index (χ1) is 7.65. The molecular weight excluding hydrogens is 196 g/mol. The molecule has 0 fully saturated rings. The fourth-order valence-corrected chi connectivity index (χ4v) is 2.10. The Kier molecular flexibility index (Phi) is 4.43. The van der Waals surface area contributed by atoms with Crippen LogP contribution in [0.25, 0.3) is 0 Å². The molecule has 0 aliphatic carbocycles. The summed E-state index contributed by atoms with van der Waals surface area (Å²) in [5, 5.41) is 0. The molecule has 0 spiro atoms. The third-order valence-electron chi connectivity index (χ3n) is 3.30. The maximum Gasteiger partial charge on any atom is 0.122 e. The van der Waals surface area contributed by atoms with Crippen molar-refractivity contribution < 1.29 is 4.74 Å². The van der Waals surface area contributed by atoms with Crippen LogP contribution in [0.1, 0.15) is 42.4 Å². The molecule has 1 rings (SSSR count). The second-order valence-corrected chi connectivity index (χ2v) is 4.12. The standard InChI is InChI=1S/C15H20O/c1-6-8-13(7-2)14-9-10-15(16-5)12(4)11(14)3/h1,9-10,13H,7-8H2,2-5H3. The molecule has 0 saturated heterocycles. The van der Waals surface area contributed by atoms with Gasteiger partial charge in [0.25, 0.3) is 0 Å². The van der Waals surface area contributed by atoms with E-state index in [-0.39, 0.29) is 0 Å². The monoisotopic (exact) mass is 216 g/mol. The van der Waals surface area contributed by atoms with Crippen LogP contribution in [0.5, 0.6) is 5.75 Å². The van der Waals surface area contributed by atoms with Crippen LogP contribution in [-0.4, -0.2) is 7.11 Å².